The summed E-state index contributed by atoms with van der Waals surface area (Å²) in [5.74, 6) is 0. The summed E-state index contributed by atoms with van der Waals surface area (Å²) < 4.78 is 2.20. The Balaban J connectivity index is 2.18. The van der Waals surface area contributed by atoms with E-state index >= 15 is 0 Å². The van der Waals surface area contributed by atoms with Crippen LogP contribution < -0.4 is 0 Å². The van der Waals surface area contributed by atoms with Gasteiger partial charge in [0.1, 0.15) is 0 Å². The molecule has 1 heterocycles. The van der Waals surface area contributed by atoms with Gasteiger partial charge in [-0.05, 0) is 18.9 Å². The highest BCUT2D eigenvalue weighted by Gasteiger charge is 2.00. The predicted molar refractivity (Wildman–Crippen MR) is 61.9 cm³/mol. The zero-order valence-corrected chi connectivity index (χ0v) is 9.27. The van der Waals surface area contributed by atoms with E-state index in [2.05, 4.69) is 47.7 Å². The van der Waals surface area contributed by atoms with Crippen LogP contribution in [0.25, 0.3) is 0 Å². The van der Waals surface area contributed by atoms with Crippen LogP contribution in [0.15, 0.2) is 36.8 Å². The normalized spacial score (nSPS) is 10.5. The molecule has 0 atom stereocenters. The molecule has 0 unspecified atom stereocenters. The van der Waals surface area contributed by atoms with Crippen LogP contribution in [-0.2, 0) is 13.0 Å². The molecule has 0 aliphatic rings. The number of aryl methyl sites for hydroxylation is 2. The fourth-order valence-electron chi connectivity index (χ4n) is 1.68. The third-order valence-electron chi connectivity index (χ3n) is 2.63. The minimum atomic E-state index is 0.920. The molecule has 2 heteroatoms. The lowest BCUT2D eigenvalue weighted by atomic mass is 10.1. The first kappa shape index (κ1) is 9.97. The third kappa shape index (κ3) is 2.27. The van der Waals surface area contributed by atoms with Gasteiger partial charge in [-0.25, -0.2) is 4.98 Å². The molecule has 0 bridgehead atoms. The second-order valence-corrected chi connectivity index (χ2v) is 3.85. The van der Waals surface area contributed by atoms with Crippen LogP contribution in [0.5, 0.6) is 0 Å². The standard InChI is InChI=1S/C13H16N2/c1-3-13-8-14-10-15(13)9-12-6-4-11(2)5-7-12/h4-8,10H,3,9H2,1-2H3. The molecule has 0 spiro atoms. The molecule has 0 fully saturated rings. The van der Waals surface area contributed by atoms with Gasteiger partial charge in [0.25, 0.3) is 0 Å². The van der Waals surface area contributed by atoms with Gasteiger partial charge in [0.2, 0.25) is 0 Å². The van der Waals surface area contributed by atoms with Crippen molar-refractivity contribution < 1.29 is 0 Å². The predicted octanol–water partition coefficient (Wildman–Crippen LogP) is 2.80. The minimum Gasteiger partial charge on any atom is -0.330 e. The summed E-state index contributed by atoms with van der Waals surface area (Å²) >= 11 is 0. The van der Waals surface area contributed by atoms with Crippen LogP contribution in [0.3, 0.4) is 0 Å². The Labute approximate surface area is 90.6 Å². The molecule has 0 amide bonds. The van der Waals surface area contributed by atoms with E-state index in [0.29, 0.717) is 0 Å². The third-order valence-corrected chi connectivity index (χ3v) is 2.63. The Morgan fingerprint density at radius 1 is 1.20 bits per heavy atom. The first-order chi connectivity index (χ1) is 7.29. The second-order valence-electron chi connectivity index (χ2n) is 3.85. The monoisotopic (exact) mass is 200 g/mol. The smallest absolute Gasteiger partial charge is 0.0951 e. The number of nitrogens with zero attached hydrogens (tertiary/aromatic N) is 2. The first-order valence-electron chi connectivity index (χ1n) is 5.34. The van der Waals surface area contributed by atoms with Gasteiger partial charge in [0, 0.05) is 18.4 Å². The van der Waals surface area contributed by atoms with E-state index in [1.165, 1.54) is 16.8 Å². The average Bonchev–Trinajstić information content (AvgIpc) is 2.69. The van der Waals surface area contributed by atoms with E-state index in [1.54, 1.807) is 0 Å². The highest BCUT2D eigenvalue weighted by molar-refractivity contribution is 5.22. The van der Waals surface area contributed by atoms with E-state index in [0.717, 1.165) is 13.0 Å². The van der Waals surface area contributed by atoms with Crippen LogP contribution in [0, 0.1) is 6.92 Å². The van der Waals surface area contributed by atoms with Crippen molar-refractivity contribution in [2.45, 2.75) is 26.8 Å². The molecular formula is C13H16N2. The molecule has 0 aliphatic carbocycles. The molecule has 0 radical (unpaired) electrons. The quantitative estimate of drug-likeness (QED) is 0.745. The molecular weight excluding hydrogens is 184 g/mol. The van der Waals surface area contributed by atoms with Crippen molar-refractivity contribution in [1.29, 1.82) is 0 Å². The maximum atomic E-state index is 4.17. The Hall–Kier alpha value is -1.57. The zero-order valence-electron chi connectivity index (χ0n) is 9.27. The number of benzene rings is 1. The van der Waals surface area contributed by atoms with Crippen LogP contribution in [0.4, 0.5) is 0 Å². The summed E-state index contributed by atoms with van der Waals surface area (Å²) in [6.07, 6.45) is 4.87. The Morgan fingerprint density at radius 2 is 1.93 bits per heavy atom. The second kappa shape index (κ2) is 4.30. The lowest BCUT2D eigenvalue weighted by Crippen LogP contribution is -2.02. The van der Waals surface area contributed by atoms with Gasteiger partial charge in [-0.1, -0.05) is 36.8 Å². The van der Waals surface area contributed by atoms with Crippen LogP contribution in [0.1, 0.15) is 23.7 Å². The molecule has 2 rings (SSSR count). The maximum absolute atomic E-state index is 4.17. The van der Waals surface area contributed by atoms with Gasteiger partial charge in [-0.15, -0.1) is 0 Å². The molecule has 2 nitrogen and oxygen atoms in total. The highest BCUT2D eigenvalue weighted by Crippen LogP contribution is 2.08. The topological polar surface area (TPSA) is 17.8 Å². The van der Waals surface area contributed by atoms with Gasteiger partial charge in [0.05, 0.1) is 6.33 Å². The van der Waals surface area contributed by atoms with E-state index in [-0.39, 0.29) is 0 Å². The summed E-state index contributed by atoms with van der Waals surface area (Å²) in [4.78, 5) is 4.17. The van der Waals surface area contributed by atoms with Gasteiger partial charge in [-0.2, -0.15) is 0 Å². The van der Waals surface area contributed by atoms with Crippen molar-refractivity contribution in [3.05, 3.63) is 53.6 Å². The van der Waals surface area contributed by atoms with Crippen LogP contribution in [-0.4, -0.2) is 9.55 Å². The molecule has 0 N–H and O–H groups in total. The molecule has 1 aromatic carbocycles. The molecule has 1 aromatic heterocycles. The minimum absolute atomic E-state index is 0.920. The SMILES string of the molecule is CCc1cncn1Cc1ccc(C)cc1. The Bertz CT molecular complexity index is 426. The molecule has 2 aromatic rings. The van der Waals surface area contributed by atoms with Crippen LogP contribution in [0.2, 0.25) is 0 Å². The summed E-state index contributed by atoms with van der Waals surface area (Å²) in [7, 11) is 0. The Kier molecular flexibility index (Phi) is 2.86. The summed E-state index contributed by atoms with van der Waals surface area (Å²) in [6.45, 7) is 5.19. The van der Waals surface area contributed by atoms with Gasteiger partial charge in [-0.3, -0.25) is 0 Å². The number of aromatic nitrogens is 2. The van der Waals surface area contributed by atoms with Crippen molar-refractivity contribution in [1.82, 2.24) is 9.55 Å². The van der Waals surface area contributed by atoms with Gasteiger partial charge < -0.3 is 4.57 Å². The number of imidazole rings is 1. The lowest BCUT2D eigenvalue weighted by Gasteiger charge is -2.06. The van der Waals surface area contributed by atoms with Crippen molar-refractivity contribution in [3.63, 3.8) is 0 Å². The van der Waals surface area contributed by atoms with Crippen molar-refractivity contribution in [2.75, 3.05) is 0 Å². The Morgan fingerprint density at radius 3 is 2.60 bits per heavy atom. The highest BCUT2D eigenvalue weighted by atomic mass is 15.0. The summed E-state index contributed by atoms with van der Waals surface area (Å²) in [5.41, 5.74) is 3.92. The fraction of sp³-hybridized carbons (Fsp3) is 0.308. The maximum Gasteiger partial charge on any atom is 0.0951 e. The van der Waals surface area contributed by atoms with E-state index in [4.69, 9.17) is 0 Å². The number of rotatable bonds is 3. The van der Waals surface area contributed by atoms with Crippen molar-refractivity contribution >= 4 is 0 Å². The fourth-order valence-corrected chi connectivity index (χ4v) is 1.68. The molecule has 0 aliphatic heterocycles. The molecule has 0 saturated carbocycles. The molecule has 15 heavy (non-hydrogen) atoms. The van der Waals surface area contributed by atoms with Crippen LogP contribution >= 0.6 is 0 Å². The zero-order chi connectivity index (χ0) is 10.7. The van der Waals surface area contributed by atoms with Gasteiger partial charge in [0.15, 0.2) is 0 Å². The lowest BCUT2D eigenvalue weighted by molar-refractivity contribution is 0.746. The average molecular weight is 200 g/mol. The summed E-state index contributed by atoms with van der Waals surface area (Å²) in [5, 5.41) is 0. The summed E-state index contributed by atoms with van der Waals surface area (Å²) in [6, 6.07) is 8.65. The molecule has 0 saturated heterocycles. The number of hydrogen-bond acceptors (Lipinski definition) is 1. The first-order valence-corrected chi connectivity index (χ1v) is 5.34. The largest absolute Gasteiger partial charge is 0.330 e. The van der Waals surface area contributed by atoms with Crippen molar-refractivity contribution in [3.8, 4) is 0 Å². The van der Waals surface area contributed by atoms with Gasteiger partial charge >= 0.3 is 0 Å². The molecule has 78 valence electrons. The van der Waals surface area contributed by atoms with E-state index in [9.17, 15) is 0 Å². The van der Waals surface area contributed by atoms with E-state index in [1.807, 2.05) is 12.5 Å². The van der Waals surface area contributed by atoms with E-state index < -0.39 is 0 Å². The number of hydrogen-bond donors (Lipinski definition) is 0. The van der Waals surface area contributed by atoms with Crippen molar-refractivity contribution in [2.24, 2.45) is 0 Å².